The Hall–Kier alpha value is -1.42. The van der Waals surface area contributed by atoms with Crippen molar-refractivity contribution < 1.29 is 14.3 Å². The van der Waals surface area contributed by atoms with Crippen LogP contribution in [0.4, 0.5) is 4.39 Å². The number of halogens is 1. The molecule has 3 nitrogen and oxygen atoms in total. The Morgan fingerprint density at radius 3 is 2.78 bits per heavy atom. The van der Waals surface area contributed by atoms with Gasteiger partial charge < -0.3 is 5.11 Å². The van der Waals surface area contributed by atoms with E-state index in [0.29, 0.717) is 12.8 Å². The monoisotopic (exact) mass is 251 g/mol. The highest BCUT2D eigenvalue weighted by molar-refractivity contribution is 5.78. The van der Waals surface area contributed by atoms with Crippen LogP contribution in [0.25, 0.3) is 0 Å². The van der Waals surface area contributed by atoms with Gasteiger partial charge in [0.05, 0.1) is 6.04 Å². The third-order valence-electron chi connectivity index (χ3n) is 3.74. The molecule has 2 rings (SSSR count). The second-order valence-electron chi connectivity index (χ2n) is 4.96. The highest BCUT2D eigenvalue weighted by Gasteiger charge is 2.50. The molecule has 1 aromatic carbocycles. The van der Waals surface area contributed by atoms with Gasteiger partial charge >= 0.3 is 5.97 Å². The molecule has 1 aromatic rings. The van der Waals surface area contributed by atoms with Crippen LogP contribution in [0.15, 0.2) is 30.3 Å². The molecular formula is C14H18FNO2. The molecule has 18 heavy (non-hydrogen) atoms. The van der Waals surface area contributed by atoms with Crippen molar-refractivity contribution in [2.24, 2.45) is 0 Å². The molecule has 1 aliphatic rings. The number of rotatable bonds is 3. The van der Waals surface area contributed by atoms with Gasteiger partial charge in [-0.2, -0.15) is 0 Å². The number of hydrogen-bond donors (Lipinski definition) is 1. The lowest BCUT2D eigenvalue weighted by Gasteiger charge is -2.41. The van der Waals surface area contributed by atoms with Crippen molar-refractivity contribution >= 4 is 5.97 Å². The van der Waals surface area contributed by atoms with Crippen molar-refractivity contribution in [1.82, 2.24) is 4.90 Å². The van der Waals surface area contributed by atoms with E-state index in [4.69, 9.17) is 5.11 Å². The van der Waals surface area contributed by atoms with E-state index >= 15 is 0 Å². The van der Waals surface area contributed by atoms with E-state index in [0.717, 1.165) is 12.1 Å². The number of benzene rings is 1. The van der Waals surface area contributed by atoms with Crippen molar-refractivity contribution in [2.75, 3.05) is 13.6 Å². The number of likely N-dealkylation sites (N-methyl/N-ethyl adjacent to an activating group) is 1. The maximum absolute atomic E-state index is 14.7. The topological polar surface area (TPSA) is 40.5 Å². The number of alkyl halides is 1. The van der Waals surface area contributed by atoms with E-state index in [2.05, 4.69) is 0 Å². The summed E-state index contributed by atoms with van der Waals surface area (Å²) < 4.78 is 14.7. The predicted molar refractivity (Wildman–Crippen MR) is 67.3 cm³/mol. The molecular weight excluding hydrogens is 233 g/mol. The van der Waals surface area contributed by atoms with Crippen LogP contribution in [-0.4, -0.2) is 41.3 Å². The van der Waals surface area contributed by atoms with E-state index in [1.165, 1.54) is 0 Å². The van der Waals surface area contributed by atoms with Crippen LogP contribution in [0.2, 0.25) is 0 Å². The second-order valence-corrected chi connectivity index (χ2v) is 4.96. The third kappa shape index (κ3) is 2.38. The lowest BCUT2D eigenvalue weighted by Crippen LogP contribution is -2.58. The number of aliphatic carboxylic acids is 1. The fraction of sp³-hybridized carbons (Fsp3) is 0.500. The molecule has 0 amide bonds. The summed E-state index contributed by atoms with van der Waals surface area (Å²) in [6.07, 6.45) is 1.12. The minimum Gasteiger partial charge on any atom is -0.479 e. The van der Waals surface area contributed by atoms with Crippen LogP contribution in [0.1, 0.15) is 18.4 Å². The van der Waals surface area contributed by atoms with Gasteiger partial charge in [0.1, 0.15) is 0 Å². The molecule has 1 N–H and O–H groups in total. The Kier molecular flexibility index (Phi) is 3.66. The first-order chi connectivity index (χ1) is 8.54. The van der Waals surface area contributed by atoms with Gasteiger partial charge in [-0.3, -0.25) is 4.90 Å². The fourth-order valence-corrected chi connectivity index (χ4v) is 2.66. The molecule has 2 atom stereocenters. The lowest BCUT2D eigenvalue weighted by atomic mass is 9.83. The summed E-state index contributed by atoms with van der Waals surface area (Å²) in [7, 11) is 1.80. The van der Waals surface area contributed by atoms with Crippen molar-refractivity contribution in [1.29, 1.82) is 0 Å². The minimum absolute atomic E-state index is 0.101. The van der Waals surface area contributed by atoms with Gasteiger partial charge in [-0.15, -0.1) is 0 Å². The van der Waals surface area contributed by atoms with Crippen molar-refractivity contribution in [3.05, 3.63) is 35.9 Å². The Morgan fingerprint density at radius 1 is 1.50 bits per heavy atom. The molecule has 1 heterocycles. The predicted octanol–water partition coefficient (Wildman–Crippen LogP) is 2.12. The molecule has 0 spiro atoms. The first kappa shape index (κ1) is 13.0. The quantitative estimate of drug-likeness (QED) is 0.894. The zero-order chi connectivity index (χ0) is 13.2. The zero-order valence-electron chi connectivity index (χ0n) is 10.5. The van der Waals surface area contributed by atoms with Crippen LogP contribution in [0.3, 0.4) is 0 Å². The average Bonchev–Trinajstić information content (AvgIpc) is 2.35. The van der Waals surface area contributed by atoms with Gasteiger partial charge in [0, 0.05) is 0 Å². The SMILES string of the molecule is CN1CCCC(F)(C(=O)O)C1Cc1ccccc1. The maximum Gasteiger partial charge on any atom is 0.343 e. The molecule has 1 saturated heterocycles. The Balaban J connectivity index is 2.23. The van der Waals surface area contributed by atoms with Gasteiger partial charge in [0.25, 0.3) is 0 Å². The molecule has 0 saturated carbocycles. The van der Waals surface area contributed by atoms with E-state index in [9.17, 15) is 9.18 Å². The van der Waals surface area contributed by atoms with Crippen molar-refractivity contribution in [3.63, 3.8) is 0 Å². The van der Waals surface area contributed by atoms with Gasteiger partial charge in [-0.1, -0.05) is 30.3 Å². The number of likely N-dealkylation sites (tertiary alicyclic amines) is 1. The molecule has 98 valence electrons. The van der Waals surface area contributed by atoms with E-state index in [1.54, 1.807) is 7.05 Å². The number of carboxylic acid groups (broad SMARTS) is 1. The molecule has 0 radical (unpaired) electrons. The minimum atomic E-state index is -2.14. The summed E-state index contributed by atoms with van der Waals surface area (Å²) in [6, 6.07) is 8.90. The van der Waals surface area contributed by atoms with E-state index in [1.807, 2.05) is 35.2 Å². The van der Waals surface area contributed by atoms with Crippen LogP contribution >= 0.6 is 0 Å². The summed E-state index contributed by atoms with van der Waals surface area (Å²) in [4.78, 5) is 13.0. The van der Waals surface area contributed by atoms with Crippen LogP contribution in [0, 0.1) is 0 Å². The molecule has 4 heteroatoms. The smallest absolute Gasteiger partial charge is 0.343 e. The first-order valence-electron chi connectivity index (χ1n) is 6.20. The molecule has 0 aromatic heterocycles. The van der Waals surface area contributed by atoms with Gasteiger partial charge in [-0.05, 0) is 38.4 Å². The maximum atomic E-state index is 14.7. The zero-order valence-corrected chi connectivity index (χ0v) is 10.5. The standard InChI is InChI=1S/C14H18FNO2/c1-16-9-5-8-14(15,13(17)18)12(16)10-11-6-3-2-4-7-11/h2-4,6-7,12H,5,8-10H2,1H3,(H,17,18). The largest absolute Gasteiger partial charge is 0.479 e. The van der Waals surface area contributed by atoms with Gasteiger partial charge in [-0.25, -0.2) is 9.18 Å². The van der Waals surface area contributed by atoms with Crippen molar-refractivity contribution in [2.45, 2.75) is 31.0 Å². The molecule has 0 aliphatic carbocycles. The summed E-state index contributed by atoms with van der Waals surface area (Å²) in [5, 5.41) is 9.16. The number of carbonyl (C=O) groups is 1. The van der Waals surface area contributed by atoms with Crippen LogP contribution < -0.4 is 0 Å². The Morgan fingerprint density at radius 2 is 2.17 bits per heavy atom. The van der Waals surface area contributed by atoms with E-state index < -0.39 is 17.7 Å². The second kappa shape index (κ2) is 5.06. The third-order valence-corrected chi connectivity index (χ3v) is 3.74. The van der Waals surface area contributed by atoms with E-state index in [-0.39, 0.29) is 6.42 Å². The summed E-state index contributed by atoms with van der Waals surface area (Å²) in [5.41, 5.74) is -1.16. The normalized spacial score (nSPS) is 29.1. The summed E-state index contributed by atoms with van der Waals surface area (Å²) in [6.45, 7) is 0.746. The lowest BCUT2D eigenvalue weighted by molar-refractivity contribution is -0.159. The Bertz CT molecular complexity index is 423. The molecule has 1 aliphatic heterocycles. The first-order valence-corrected chi connectivity index (χ1v) is 6.20. The number of hydrogen-bond acceptors (Lipinski definition) is 2. The average molecular weight is 251 g/mol. The van der Waals surface area contributed by atoms with Gasteiger partial charge in [0.15, 0.2) is 0 Å². The highest BCUT2D eigenvalue weighted by Crippen LogP contribution is 2.33. The van der Waals surface area contributed by atoms with Gasteiger partial charge in [0.2, 0.25) is 5.67 Å². The van der Waals surface area contributed by atoms with Crippen LogP contribution in [0.5, 0.6) is 0 Å². The summed E-state index contributed by atoms with van der Waals surface area (Å²) >= 11 is 0. The fourth-order valence-electron chi connectivity index (χ4n) is 2.66. The number of piperidine rings is 1. The molecule has 0 bridgehead atoms. The highest BCUT2D eigenvalue weighted by atomic mass is 19.1. The molecule has 2 unspecified atom stereocenters. The Labute approximate surface area is 106 Å². The molecule has 1 fully saturated rings. The van der Waals surface area contributed by atoms with Crippen LogP contribution in [-0.2, 0) is 11.2 Å². The number of carboxylic acids is 1. The van der Waals surface area contributed by atoms with Crippen molar-refractivity contribution in [3.8, 4) is 0 Å². The number of nitrogens with zero attached hydrogens (tertiary/aromatic N) is 1. The summed E-state index contributed by atoms with van der Waals surface area (Å²) in [5.74, 6) is -1.34.